The third-order valence-electron chi connectivity index (χ3n) is 1.67. The van der Waals surface area contributed by atoms with Gasteiger partial charge in [0.25, 0.3) is 0 Å². The number of hydrogen-bond acceptors (Lipinski definition) is 2. The molecule has 0 aliphatic rings. The van der Waals surface area contributed by atoms with E-state index in [2.05, 4.69) is 0 Å². The molecule has 0 amide bonds. The summed E-state index contributed by atoms with van der Waals surface area (Å²) in [6.07, 6.45) is 4.10. The number of halogens is 1. The number of aldehydes is 1. The van der Waals surface area contributed by atoms with Gasteiger partial charge in [-0.15, -0.1) is 0 Å². The molecule has 2 nitrogen and oxygen atoms in total. The van der Waals surface area contributed by atoms with Crippen LogP contribution in [0.1, 0.15) is 22.3 Å². The quantitative estimate of drug-likeness (QED) is 0.685. The molecule has 0 radical (unpaired) electrons. The van der Waals surface area contributed by atoms with E-state index in [-0.39, 0.29) is 5.56 Å². The molecule has 1 aromatic carbocycles. The summed E-state index contributed by atoms with van der Waals surface area (Å²) < 4.78 is 12.9. The van der Waals surface area contributed by atoms with Gasteiger partial charge in [-0.2, -0.15) is 5.26 Å². The van der Waals surface area contributed by atoms with Crippen LogP contribution in [0.5, 0.6) is 0 Å². The molecule has 0 spiro atoms. The highest BCUT2D eigenvalue weighted by Gasteiger charge is 1.99. The number of allylic oxidation sites excluding steroid dienone is 1. The average molecular weight is 189 g/mol. The lowest BCUT2D eigenvalue weighted by Gasteiger charge is -1.96. The molecule has 14 heavy (non-hydrogen) atoms. The lowest BCUT2D eigenvalue weighted by Crippen LogP contribution is -1.87. The largest absolute Gasteiger partial charge is 0.298 e. The molecule has 3 heteroatoms. The molecule has 0 atom stereocenters. The van der Waals surface area contributed by atoms with Gasteiger partial charge in [-0.05, 0) is 17.7 Å². The Morgan fingerprint density at radius 1 is 1.50 bits per heavy atom. The van der Waals surface area contributed by atoms with Crippen LogP contribution in [0.3, 0.4) is 0 Å². The van der Waals surface area contributed by atoms with Crippen molar-refractivity contribution in [3.8, 4) is 6.07 Å². The molecule has 0 unspecified atom stereocenters. The van der Waals surface area contributed by atoms with Crippen LogP contribution in [-0.2, 0) is 0 Å². The highest BCUT2D eigenvalue weighted by molar-refractivity contribution is 5.76. The summed E-state index contributed by atoms with van der Waals surface area (Å²) in [6, 6.07) is 6.17. The van der Waals surface area contributed by atoms with Crippen LogP contribution >= 0.6 is 0 Å². The van der Waals surface area contributed by atoms with E-state index >= 15 is 0 Å². The Balaban J connectivity index is 2.90. The summed E-state index contributed by atoms with van der Waals surface area (Å²) in [5, 5.41) is 8.27. The molecule has 0 bridgehead atoms. The second-order valence-corrected chi connectivity index (χ2v) is 2.66. The minimum absolute atomic E-state index is 0.0316. The first-order chi connectivity index (χ1) is 6.77. The maximum absolute atomic E-state index is 12.9. The Bertz CT molecular complexity index is 404. The number of carbonyl (C=O) groups is 1. The van der Waals surface area contributed by atoms with Gasteiger partial charge in [0.2, 0.25) is 0 Å². The van der Waals surface area contributed by atoms with E-state index < -0.39 is 5.82 Å². The Kier molecular flexibility index (Phi) is 3.57. The predicted octanol–water partition coefficient (Wildman–Crippen LogP) is 2.57. The number of carbonyl (C=O) groups excluding carboxylic acids is 1. The van der Waals surface area contributed by atoms with Gasteiger partial charge in [0.05, 0.1) is 18.1 Å². The molecule has 70 valence electrons. The molecule has 0 fully saturated rings. The van der Waals surface area contributed by atoms with E-state index in [0.717, 1.165) is 0 Å². The lowest BCUT2D eigenvalue weighted by atomic mass is 10.1. The van der Waals surface area contributed by atoms with Crippen molar-refractivity contribution in [1.29, 1.82) is 5.26 Å². The normalized spacial score (nSPS) is 10.0. The Hall–Kier alpha value is -1.95. The van der Waals surface area contributed by atoms with Crippen LogP contribution in [0.2, 0.25) is 0 Å². The highest BCUT2D eigenvalue weighted by atomic mass is 19.1. The highest BCUT2D eigenvalue weighted by Crippen LogP contribution is 2.10. The summed E-state index contributed by atoms with van der Waals surface area (Å²) in [7, 11) is 0. The SMILES string of the molecule is N#CCC=Cc1ccc(F)c(C=O)c1. The van der Waals surface area contributed by atoms with Gasteiger partial charge in [0.1, 0.15) is 5.82 Å². The van der Waals surface area contributed by atoms with Crippen LogP contribution in [0.4, 0.5) is 4.39 Å². The van der Waals surface area contributed by atoms with Gasteiger partial charge in [-0.1, -0.05) is 18.2 Å². The molecule has 0 heterocycles. The average Bonchev–Trinajstić information content (AvgIpc) is 2.21. The Morgan fingerprint density at radius 2 is 2.29 bits per heavy atom. The molecule has 0 saturated heterocycles. The van der Waals surface area contributed by atoms with Crippen molar-refractivity contribution in [2.24, 2.45) is 0 Å². The zero-order chi connectivity index (χ0) is 10.4. The Morgan fingerprint density at radius 3 is 2.93 bits per heavy atom. The predicted molar refractivity (Wildman–Crippen MR) is 51.1 cm³/mol. The van der Waals surface area contributed by atoms with Gasteiger partial charge in [-0.25, -0.2) is 4.39 Å². The fraction of sp³-hybridized carbons (Fsp3) is 0.0909. The third kappa shape index (κ3) is 2.53. The Labute approximate surface area is 81.3 Å². The van der Waals surface area contributed by atoms with Gasteiger partial charge in [0.15, 0.2) is 6.29 Å². The van der Waals surface area contributed by atoms with Crippen molar-refractivity contribution >= 4 is 12.4 Å². The van der Waals surface area contributed by atoms with Gasteiger partial charge >= 0.3 is 0 Å². The number of benzene rings is 1. The molecule has 1 aromatic rings. The fourth-order valence-corrected chi connectivity index (χ4v) is 1.00. The van der Waals surface area contributed by atoms with E-state index in [1.807, 2.05) is 6.07 Å². The molecule has 0 N–H and O–H groups in total. The van der Waals surface area contributed by atoms with Crippen molar-refractivity contribution in [1.82, 2.24) is 0 Å². The second kappa shape index (κ2) is 4.93. The summed E-state index contributed by atoms with van der Waals surface area (Å²) in [5.74, 6) is -0.530. The third-order valence-corrected chi connectivity index (χ3v) is 1.67. The van der Waals surface area contributed by atoms with Crippen molar-refractivity contribution in [2.75, 3.05) is 0 Å². The lowest BCUT2D eigenvalue weighted by molar-refractivity contribution is 0.112. The van der Waals surface area contributed by atoms with Crippen LogP contribution in [0, 0.1) is 17.1 Å². The standard InChI is InChI=1S/C11H8FNO/c12-11-5-4-9(3-1-2-6-13)7-10(11)8-14/h1,3-5,7-8H,2H2. The van der Waals surface area contributed by atoms with Crippen LogP contribution in [0.15, 0.2) is 24.3 Å². The van der Waals surface area contributed by atoms with Crippen molar-refractivity contribution < 1.29 is 9.18 Å². The molecule has 1 rings (SSSR count). The van der Waals surface area contributed by atoms with Crippen molar-refractivity contribution in [3.05, 3.63) is 41.2 Å². The maximum Gasteiger partial charge on any atom is 0.153 e. The monoisotopic (exact) mass is 189 g/mol. The zero-order valence-corrected chi connectivity index (χ0v) is 7.40. The summed E-state index contributed by atoms with van der Waals surface area (Å²) in [4.78, 5) is 10.4. The molecular weight excluding hydrogens is 181 g/mol. The molecule has 0 aliphatic carbocycles. The first-order valence-electron chi connectivity index (χ1n) is 4.06. The van der Waals surface area contributed by atoms with Crippen LogP contribution in [-0.4, -0.2) is 6.29 Å². The van der Waals surface area contributed by atoms with E-state index in [9.17, 15) is 9.18 Å². The van der Waals surface area contributed by atoms with Gasteiger partial charge in [-0.3, -0.25) is 4.79 Å². The van der Waals surface area contributed by atoms with E-state index in [4.69, 9.17) is 5.26 Å². The molecule has 0 saturated carbocycles. The molecular formula is C11H8FNO. The number of nitrogens with zero attached hydrogens (tertiary/aromatic N) is 1. The minimum atomic E-state index is -0.530. The molecule has 0 aliphatic heterocycles. The number of hydrogen-bond donors (Lipinski definition) is 0. The zero-order valence-electron chi connectivity index (χ0n) is 7.40. The second-order valence-electron chi connectivity index (χ2n) is 2.66. The minimum Gasteiger partial charge on any atom is -0.298 e. The van der Waals surface area contributed by atoms with E-state index in [1.54, 1.807) is 18.2 Å². The van der Waals surface area contributed by atoms with E-state index in [0.29, 0.717) is 18.3 Å². The topological polar surface area (TPSA) is 40.9 Å². The van der Waals surface area contributed by atoms with E-state index in [1.165, 1.54) is 12.1 Å². The maximum atomic E-state index is 12.9. The van der Waals surface area contributed by atoms with Crippen LogP contribution in [0.25, 0.3) is 6.08 Å². The molecule has 0 aromatic heterocycles. The van der Waals surface area contributed by atoms with Crippen molar-refractivity contribution in [3.63, 3.8) is 0 Å². The number of rotatable bonds is 3. The van der Waals surface area contributed by atoms with Gasteiger partial charge < -0.3 is 0 Å². The summed E-state index contributed by atoms with van der Waals surface area (Å²) in [6.45, 7) is 0. The summed E-state index contributed by atoms with van der Waals surface area (Å²) in [5.41, 5.74) is 0.743. The smallest absolute Gasteiger partial charge is 0.153 e. The first kappa shape index (κ1) is 10.1. The van der Waals surface area contributed by atoms with Crippen molar-refractivity contribution in [2.45, 2.75) is 6.42 Å². The number of nitriles is 1. The fourth-order valence-electron chi connectivity index (χ4n) is 1.00. The van der Waals surface area contributed by atoms with Crippen LogP contribution < -0.4 is 0 Å². The van der Waals surface area contributed by atoms with Gasteiger partial charge in [0, 0.05) is 0 Å². The summed E-state index contributed by atoms with van der Waals surface area (Å²) >= 11 is 0. The first-order valence-corrected chi connectivity index (χ1v) is 4.06.